The van der Waals surface area contributed by atoms with Gasteiger partial charge in [-0.2, -0.15) is 0 Å². The summed E-state index contributed by atoms with van der Waals surface area (Å²) in [5.74, 6) is -0.910. The number of nitrogens with zero attached hydrogens (tertiary/aromatic N) is 1. The monoisotopic (exact) mass is 560 g/mol. The van der Waals surface area contributed by atoms with Gasteiger partial charge in [-0.15, -0.1) is 0 Å². The third-order valence-electron chi connectivity index (χ3n) is 5.25. The molecule has 1 unspecified atom stereocenters. The van der Waals surface area contributed by atoms with Crippen molar-refractivity contribution in [2.45, 2.75) is 38.9 Å². The molecule has 35 heavy (non-hydrogen) atoms. The highest BCUT2D eigenvalue weighted by Crippen LogP contribution is 2.28. The first-order chi connectivity index (χ1) is 16.7. The molecule has 0 aliphatic heterocycles. The lowest BCUT2D eigenvalue weighted by molar-refractivity contribution is -0.143. The zero-order valence-electron chi connectivity index (χ0n) is 19.5. The molecule has 8 heteroatoms. The van der Waals surface area contributed by atoms with Crippen LogP contribution < -0.4 is 10.1 Å². The summed E-state index contributed by atoms with van der Waals surface area (Å²) in [4.78, 5) is 28.1. The number of hydrogen-bond donors (Lipinski definition) is 1. The van der Waals surface area contributed by atoms with Crippen LogP contribution in [0.1, 0.15) is 25.0 Å². The van der Waals surface area contributed by atoms with E-state index in [0.29, 0.717) is 16.3 Å². The molecular formula is C27H27BrClFN2O3. The summed E-state index contributed by atoms with van der Waals surface area (Å²) in [6.45, 7) is 3.24. The zero-order chi connectivity index (χ0) is 25.4. The van der Waals surface area contributed by atoms with Crippen LogP contribution in [0.5, 0.6) is 5.75 Å². The Morgan fingerprint density at radius 3 is 2.40 bits per heavy atom. The Morgan fingerprint density at radius 1 is 1.06 bits per heavy atom. The molecule has 2 amide bonds. The molecule has 0 spiro atoms. The maximum absolute atomic E-state index is 14.6. The van der Waals surface area contributed by atoms with Gasteiger partial charge in [0, 0.05) is 29.0 Å². The van der Waals surface area contributed by atoms with Crippen molar-refractivity contribution in [1.82, 2.24) is 10.2 Å². The van der Waals surface area contributed by atoms with Crippen LogP contribution in [0.15, 0.2) is 77.3 Å². The average Bonchev–Trinajstić information content (AvgIpc) is 2.82. The van der Waals surface area contributed by atoms with E-state index < -0.39 is 17.8 Å². The topological polar surface area (TPSA) is 58.6 Å². The highest BCUT2D eigenvalue weighted by Gasteiger charge is 2.31. The molecule has 0 aliphatic rings. The Balaban J connectivity index is 1.93. The minimum Gasteiger partial charge on any atom is -0.482 e. The molecule has 0 heterocycles. The second-order valence-corrected chi connectivity index (χ2v) is 9.67. The third kappa shape index (κ3) is 7.80. The molecule has 0 bridgehead atoms. The molecule has 0 saturated heterocycles. The van der Waals surface area contributed by atoms with E-state index in [1.54, 1.807) is 36.4 Å². The van der Waals surface area contributed by atoms with Gasteiger partial charge in [0.15, 0.2) is 6.61 Å². The van der Waals surface area contributed by atoms with E-state index in [2.05, 4.69) is 21.2 Å². The van der Waals surface area contributed by atoms with E-state index in [1.165, 1.54) is 11.0 Å². The highest BCUT2D eigenvalue weighted by atomic mass is 79.9. The Morgan fingerprint density at radius 2 is 1.74 bits per heavy atom. The van der Waals surface area contributed by atoms with Crippen LogP contribution in [-0.2, 0) is 22.6 Å². The predicted octanol–water partition coefficient (Wildman–Crippen LogP) is 5.79. The maximum Gasteiger partial charge on any atom is 0.261 e. The van der Waals surface area contributed by atoms with Crippen LogP contribution in [0, 0.1) is 5.82 Å². The number of nitrogens with one attached hydrogen (secondary N) is 1. The number of ether oxygens (including phenoxy) is 1. The van der Waals surface area contributed by atoms with Gasteiger partial charge in [-0.1, -0.05) is 76.1 Å². The minimum absolute atomic E-state index is 0.0913. The summed E-state index contributed by atoms with van der Waals surface area (Å²) in [6.07, 6.45) is 0.263. The summed E-state index contributed by atoms with van der Waals surface area (Å²) >= 11 is 9.56. The molecular weight excluding hydrogens is 535 g/mol. The Bertz CT molecular complexity index is 1160. The summed E-state index contributed by atoms with van der Waals surface area (Å²) in [5, 5.41) is 3.23. The van der Waals surface area contributed by atoms with E-state index in [9.17, 15) is 14.0 Å². The van der Waals surface area contributed by atoms with Crippen molar-refractivity contribution in [2.24, 2.45) is 0 Å². The zero-order valence-corrected chi connectivity index (χ0v) is 21.9. The molecule has 3 aromatic carbocycles. The van der Waals surface area contributed by atoms with Crippen molar-refractivity contribution in [2.75, 3.05) is 6.61 Å². The number of hydrogen-bond acceptors (Lipinski definition) is 3. The molecule has 184 valence electrons. The van der Waals surface area contributed by atoms with E-state index in [1.807, 2.05) is 44.2 Å². The fourth-order valence-corrected chi connectivity index (χ4v) is 4.29. The van der Waals surface area contributed by atoms with Crippen LogP contribution in [0.2, 0.25) is 5.02 Å². The average molecular weight is 562 g/mol. The number of amides is 2. The van der Waals surface area contributed by atoms with Gasteiger partial charge in [0.2, 0.25) is 5.91 Å². The lowest BCUT2D eigenvalue weighted by Gasteiger charge is -2.32. The first kappa shape index (κ1) is 26.7. The van der Waals surface area contributed by atoms with Crippen LogP contribution >= 0.6 is 27.5 Å². The Hall–Kier alpha value is -2.90. The van der Waals surface area contributed by atoms with Gasteiger partial charge in [-0.05, 0) is 43.7 Å². The van der Waals surface area contributed by atoms with E-state index in [-0.39, 0.29) is 31.5 Å². The largest absolute Gasteiger partial charge is 0.482 e. The SMILES string of the molecule is CC(C)NC(=O)C(Cc1ccccc1)N(Cc1ccccc1F)C(=O)COc1ccc(Br)cc1Cl. The summed E-state index contributed by atoms with van der Waals surface area (Å²) < 4.78 is 21.0. The van der Waals surface area contributed by atoms with Crippen LogP contribution in [0.3, 0.4) is 0 Å². The number of halogens is 3. The highest BCUT2D eigenvalue weighted by molar-refractivity contribution is 9.10. The molecule has 3 aromatic rings. The van der Waals surface area contributed by atoms with Gasteiger partial charge in [-0.25, -0.2) is 4.39 Å². The summed E-state index contributed by atoms with van der Waals surface area (Å²) in [6, 6.07) is 19.6. The molecule has 1 atom stereocenters. The van der Waals surface area contributed by atoms with Crippen molar-refractivity contribution in [1.29, 1.82) is 0 Å². The molecule has 0 aromatic heterocycles. The molecule has 5 nitrogen and oxygen atoms in total. The van der Waals surface area contributed by atoms with Crippen LogP contribution in [-0.4, -0.2) is 35.4 Å². The van der Waals surface area contributed by atoms with Crippen molar-refractivity contribution < 1.29 is 18.7 Å². The van der Waals surface area contributed by atoms with Crippen molar-refractivity contribution in [3.8, 4) is 5.75 Å². The lowest BCUT2D eigenvalue weighted by Crippen LogP contribution is -2.53. The van der Waals surface area contributed by atoms with E-state index >= 15 is 0 Å². The lowest BCUT2D eigenvalue weighted by atomic mass is 10.0. The molecule has 0 saturated carbocycles. The van der Waals surface area contributed by atoms with E-state index in [0.717, 1.165) is 10.0 Å². The first-order valence-corrected chi connectivity index (χ1v) is 12.4. The second kappa shape index (κ2) is 12.7. The molecule has 0 radical (unpaired) electrons. The van der Waals surface area contributed by atoms with E-state index in [4.69, 9.17) is 16.3 Å². The van der Waals surface area contributed by atoms with Crippen molar-refractivity contribution in [3.05, 3.63) is 99.2 Å². The molecule has 1 N–H and O–H groups in total. The number of rotatable bonds is 10. The number of carbonyl (C=O) groups is 2. The van der Waals surface area contributed by atoms with Crippen LogP contribution in [0.4, 0.5) is 4.39 Å². The summed E-state index contributed by atoms with van der Waals surface area (Å²) in [5.41, 5.74) is 1.18. The molecule has 0 fully saturated rings. The second-order valence-electron chi connectivity index (χ2n) is 8.35. The minimum atomic E-state index is -0.879. The van der Waals surface area contributed by atoms with Crippen molar-refractivity contribution in [3.63, 3.8) is 0 Å². The smallest absolute Gasteiger partial charge is 0.261 e. The standard InChI is InChI=1S/C27H27BrClFN2O3/c1-18(2)31-27(34)24(14-19-8-4-3-5-9-19)32(16-20-10-6-7-11-23(20)30)26(33)17-35-25-13-12-21(28)15-22(25)29/h3-13,15,18,24H,14,16-17H2,1-2H3,(H,31,34). The van der Waals surface area contributed by atoms with Gasteiger partial charge in [0.25, 0.3) is 5.91 Å². The fraction of sp³-hybridized carbons (Fsp3) is 0.259. The van der Waals surface area contributed by atoms with Crippen LogP contribution in [0.25, 0.3) is 0 Å². The Labute approximate surface area is 218 Å². The first-order valence-electron chi connectivity index (χ1n) is 11.2. The fourth-order valence-electron chi connectivity index (χ4n) is 3.56. The molecule has 3 rings (SSSR count). The normalized spacial score (nSPS) is 11.7. The predicted molar refractivity (Wildman–Crippen MR) is 139 cm³/mol. The number of benzene rings is 3. The maximum atomic E-state index is 14.6. The third-order valence-corrected chi connectivity index (χ3v) is 6.03. The van der Waals surface area contributed by atoms with Crippen molar-refractivity contribution >= 4 is 39.3 Å². The number of carbonyl (C=O) groups excluding carboxylic acids is 2. The quantitative estimate of drug-likeness (QED) is 0.341. The summed E-state index contributed by atoms with van der Waals surface area (Å²) in [7, 11) is 0. The van der Waals surface area contributed by atoms with Gasteiger partial charge in [0.05, 0.1) is 5.02 Å². The van der Waals surface area contributed by atoms with Gasteiger partial charge in [-0.3, -0.25) is 9.59 Å². The Kier molecular flexibility index (Phi) is 9.69. The van der Waals surface area contributed by atoms with Gasteiger partial charge in [0.1, 0.15) is 17.6 Å². The molecule has 0 aliphatic carbocycles. The van der Waals surface area contributed by atoms with Gasteiger partial charge < -0.3 is 15.0 Å². The van der Waals surface area contributed by atoms with Gasteiger partial charge >= 0.3 is 0 Å².